The molecule has 0 spiro atoms. The summed E-state index contributed by atoms with van der Waals surface area (Å²) in [6, 6.07) is 11.6. The molecule has 1 heterocycles. The van der Waals surface area contributed by atoms with Gasteiger partial charge in [-0.15, -0.1) is 0 Å². The molecular weight excluding hydrogens is 542 g/mol. The van der Waals surface area contributed by atoms with Gasteiger partial charge in [0.25, 0.3) is 0 Å². The van der Waals surface area contributed by atoms with E-state index >= 15 is 0 Å². The summed E-state index contributed by atoms with van der Waals surface area (Å²) in [6.45, 7) is 3.48. The number of nitrogens with two attached hydrogens (primary N) is 1. The van der Waals surface area contributed by atoms with Crippen molar-refractivity contribution in [3.63, 3.8) is 0 Å². The number of nitrogens with one attached hydrogen (secondary N) is 4. The number of aromatic nitrogens is 1. The topological polar surface area (TPSA) is 204 Å². The number of rotatable bonds is 15. The minimum atomic E-state index is -1.68. The third-order valence-electron chi connectivity index (χ3n) is 7.15. The minimum Gasteiger partial charge on any atom is -0.481 e. The first-order valence-electron chi connectivity index (χ1n) is 13.7. The molecule has 0 radical (unpaired) electrons. The molecule has 0 saturated carbocycles. The van der Waals surface area contributed by atoms with Crippen LogP contribution in [-0.2, 0) is 36.8 Å². The van der Waals surface area contributed by atoms with Gasteiger partial charge in [0.1, 0.15) is 18.1 Å². The van der Waals surface area contributed by atoms with E-state index in [9.17, 15) is 29.1 Å². The molecule has 0 saturated heterocycles. The van der Waals surface area contributed by atoms with Gasteiger partial charge < -0.3 is 36.9 Å². The molecule has 3 rings (SSSR count). The molecule has 224 valence electrons. The minimum absolute atomic E-state index is 0.101. The number of carbonyl (C=O) groups excluding carboxylic acids is 3. The van der Waals surface area contributed by atoms with Gasteiger partial charge in [0.15, 0.2) is 0 Å². The molecule has 5 unspecified atom stereocenters. The quantitative estimate of drug-likeness (QED) is 0.140. The van der Waals surface area contributed by atoms with Crippen LogP contribution in [0.1, 0.15) is 37.8 Å². The maximum Gasteiger partial charge on any atom is 0.326 e. The lowest BCUT2D eigenvalue weighted by molar-refractivity contribution is -0.147. The number of amides is 3. The summed E-state index contributed by atoms with van der Waals surface area (Å²) in [5, 5.41) is 26.9. The molecule has 2 aromatic carbocycles. The molecule has 0 aliphatic heterocycles. The van der Waals surface area contributed by atoms with Gasteiger partial charge in [-0.1, -0.05) is 68.8 Å². The second kappa shape index (κ2) is 14.8. The van der Waals surface area contributed by atoms with Crippen molar-refractivity contribution in [1.82, 2.24) is 20.9 Å². The third-order valence-corrected chi connectivity index (χ3v) is 7.15. The van der Waals surface area contributed by atoms with Crippen LogP contribution in [0.3, 0.4) is 0 Å². The van der Waals surface area contributed by atoms with Crippen LogP contribution in [-0.4, -0.2) is 69.0 Å². The fraction of sp³-hybridized carbons (Fsp3) is 0.367. The molecule has 5 atom stereocenters. The van der Waals surface area contributed by atoms with Crippen LogP contribution in [0.15, 0.2) is 60.8 Å². The molecule has 12 heteroatoms. The van der Waals surface area contributed by atoms with Gasteiger partial charge in [0.05, 0.1) is 12.5 Å². The summed E-state index contributed by atoms with van der Waals surface area (Å²) in [7, 11) is 0. The standard InChI is InChI=1S/C30H37N5O7/c1-3-17(2)26(29(40)34-24(30(41)42)15-25(36)37)35-28(39)23(13-18-9-5-4-6-10-18)33-27(38)21(31)14-19-16-32-22-12-8-7-11-20(19)22/h4-12,16-17,21,23-24,26,32H,3,13-15,31H2,1-2H3,(H,33,38)(H,34,40)(H,35,39)(H,36,37)(H,41,42). The molecule has 0 aliphatic carbocycles. The Morgan fingerprint density at radius 1 is 0.833 bits per heavy atom. The first-order valence-corrected chi connectivity index (χ1v) is 13.7. The van der Waals surface area contributed by atoms with Crippen molar-refractivity contribution in [1.29, 1.82) is 0 Å². The second-order valence-electron chi connectivity index (χ2n) is 10.3. The molecule has 1 aromatic heterocycles. The van der Waals surface area contributed by atoms with E-state index in [1.165, 1.54) is 0 Å². The van der Waals surface area contributed by atoms with Gasteiger partial charge in [0.2, 0.25) is 17.7 Å². The summed E-state index contributed by atoms with van der Waals surface area (Å²) in [4.78, 5) is 65.6. The number of carbonyl (C=O) groups is 5. The largest absolute Gasteiger partial charge is 0.481 e. The lowest BCUT2D eigenvalue weighted by atomic mass is 9.96. The van der Waals surface area contributed by atoms with Gasteiger partial charge >= 0.3 is 11.9 Å². The molecule has 0 bridgehead atoms. The van der Waals surface area contributed by atoms with Gasteiger partial charge in [-0.05, 0) is 29.5 Å². The van der Waals surface area contributed by atoms with E-state index in [0.29, 0.717) is 6.42 Å². The van der Waals surface area contributed by atoms with Gasteiger partial charge in [0, 0.05) is 23.5 Å². The van der Waals surface area contributed by atoms with E-state index in [2.05, 4.69) is 20.9 Å². The highest BCUT2D eigenvalue weighted by Gasteiger charge is 2.33. The molecule has 3 aromatic rings. The average molecular weight is 580 g/mol. The Balaban J connectivity index is 1.78. The Labute approximate surface area is 243 Å². The predicted molar refractivity (Wildman–Crippen MR) is 155 cm³/mol. The summed E-state index contributed by atoms with van der Waals surface area (Å²) < 4.78 is 0. The summed E-state index contributed by atoms with van der Waals surface area (Å²) in [6.07, 6.45) is 1.72. The molecule has 12 nitrogen and oxygen atoms in total. The van der Waals surface area contributed by atoms with Crippen LogP contribution in [0.2, 0.25) is 0 Å². The van der Waals surface area contributed by atoms with Crippen molar-refractivity contribution in [3.8, 4) is 0 Å². The monoisotopic (exact) mass is 579 g/mol. The van der Waals surface area contributed by atoms with Crippen molar-refractivity contribution in [2.75, 3.05) is 0 Å². The Morgan fingerprint density at radius 3 is 2.12 bits per heavy atom. The number of fused-ring (bicyclic) bond motifs is 1. The average Bonchev–Trinajstić information content (AvgIpc) is 3.37. The first-order chi connectivity index (χ1) is 20.0. The van der Waals surface area contributed by atoms with E-state index in [0.717, 1.165) is 22.0 Å². The number of aliphatic carboxylic acids is 2. The van der Waals surface area contributed by atoms with Gasteiger partial charge in [-0.3, -0.25) is 19.2 Å². The fourth-order valence-electron chi connectivity index (χ4n) is 4.56. The number of benzene rings is 2. The second-order valence-corrected chi connectivity index (χ2v) is 10.3. The van der Waals surface area contributed by atoms with Crippen LogP contribution in [0.4, 0.5) is 0 Å². The molecular formula is C30H37N5O7. The van der Waals surface area contributed by atoms with Crippen LogP contribution in [0, 0.1) is 5.92 Å². The van der Waals surface area contributed by atoms with Crippen LogP contribution >= 0.6 is 0 Å². The summed E-state index contributed by atoms with van der Waals surface area (Å²) >= 11 is 0. The molecule has 0 aliphatic rings. The lowest BCUT2D eigenvalue weighted by Crippen LogP contribution is -2.59. The van der Waals surface area contributed by atoms with Crippen molar-refractivity contribution in [3.05, 3.63) is 71.9 Å². The zero-order valence-electron chi connectivity index (χ0n) is 23.5. The van der Waals surface area contributed by atoms with E-state index in [1.54, 1.807) is 44.3 Å². The van der Waals surface area contributed by atoms with Crippen molar-refractivity contribution >= 4 is 40.6 Å². The summed E-state index contributed by atoms with van der Waals surface area (Å²) in [5.41, 5.74) is 8.76. The van der Waals surface area contributed by atoms with Crippen LogP contribution in [0.25, 0.3) is 10.9 Å². The smallest absolute Gasteiger partial charge is 0.326 e. The number of aromatic amines is 1. The third kappa shape index (κ3) is 8.64. The zero-order valence-corrected chi connectivity index (χ0v) is 23.5. The van der Waals surface area contributed by atoms with E-state index in [-0.39, 0.29) is 12.8 Å². The van der Waals surface area contributed by atoms with Crippen LogP contribution in [0.5, 0.6) is 0 Å². The van der Waals surface area contributed by atoms with E-state index in [1.807, 2.05) is 30.3 Å². The van der Waals surface area contributed by atoms with Gasteiger partial charge in [-0.25, -0.2) is 4.79 Å². The summed E-state index contributed by atoms with van der Waals surface area (Å²) in [5.74, 6) is -5.43. The Hall–Kier alpha value is -4.71. The maximum atomic E-state index is 13.6. The molecule has 0 fully saturated rings. The highest BCUT2D eigenvalue weighted by atomic mass is 16.4. The molecule has 3 amide bonds. The number of hydrogen-bond acceptors (Lipinski definition) is 6. The SMILES string of the molecule is CCC(C)C(NC(=O)C(Cc1ccccc1)NC(=O)C(N)Cc1c[nH]c2ccccc12)C(=O)NC(CC(=O)O)C(=O)O. The molecule has 42 heavy (non-hydrogen) atoms. The van der Waals surface area contributed by atoms with Crippen molar-refractivity contribution in [2.45, 2.75) is 63.7 Å². The van der Waals surface area contributed by atoms with Crippen LogP contribution < -0.4 is 21.7 Å². The molecule has 8 N–H and O–H groups in total. The predicted octanol–water partition coefficient (Wildman–Crippen LogP) is 1.34. The maximum absolute atomic E-state index is 13.6. The van der Waals surface area contributed by atoms with E-state index < -0.39 is 66.2 Å². The zero-order chi connectivity index (χ0) is 30.8. The van der Waals surface area contributed by atoms with E-state index in [4.69, 9.17) is 10.8 Å². The number of carboxylic acid groups (broad SMARTS) is 2. The number of H-pyrrole nitrogens is 1. The van der Waals surface area contributed by atoms with Crippen molar-refractivity contribution < 1.29 is 34.2 Å². The Kier molecular flexibility index (Phi) is 11.2. The van der Waals surface area contributed by atoms with Gasteiger partial charge in [-0.2, -0.15) is 0 Å². The fourth-order valence-corrected chi connectivity index (χ4v) is 4.56. The number of carboxylic acids is 2. The number of para-hydroxylation sites is 1. The Morgan fingerprint density at radius 2 is 1.48 bits per heavy atom. The first kappa shape index (κ1) is 31.8. The highest BCUT2D eigenvalue weighted by Crippen LogP contribution is 2.19. The normalized spacial score (nSPS) is 14.6. The number of hydrogen-bond donors (Lipinski definition) is 7. The lowest BCUT2D eigenvalue weighted by Gasteiger charge is -2.28. The highest BCUT2D eigenvalue weighted by molar-refractivity contribution is 5.95. The van der Waals surface area contributed by atoms with Crippen molar-refractivity contribution in [2.24, 2.45) is 11.7 Å². The Bertz CT molecular complexity index is 1410.